The van der Waals surface area contributed by atoms with Gasteiger partial charge in [-0.05, 0) is 73.7 Å². The van der Waals surface area contributed by atoms with E-state index in [0.717, 1.165) is 36.1 Å². The van der Waals surface area contributed by atoms with E-state index in [4.69, 9.17) is 4.42 Å². The smallest absolute Gasteiger partial charge is 0.254 e. The molecule has 0 aliphatic carbocycles. The number of rotatable bonds is 4. The maximum atomic E-state index is 13.3. The van der Waals surface area contributed by atoms with Gasteiger partial charge in [0, 0.05) is 23.2 Å². The molecule has 0 saturated carbocycles. The molecule has 4 aromatic rings. The zero-order valence-electron chi connectivity index (χ0n) is 18.3. The Bertz CT molecular complexity index is 1260. The summed E-state index contributed by atoms with van der Waals surface area (Å²) in [7, 11) is 0. The molecular formula is C27H25N3O2. The minimum absolute atomic E-state index is 0.0634. The molecule has 5 heteroatoms. The van der Waals surface area contributed by atoms with Crippen LogP contribution < -0.4 is 0 Å². The summed E-state index contributed by atoms with van der Waals surface area (Å²) in [5.74, 6) is 1.01. The van der Waals surface area contributed by atoms with Crippen molar-refractivity contribution in [3.05, 3.63) is 95.1 Å². The van der Waals surface area contributed by atoms with Gasteiger partial charge < -0.3 is 9.32 Å². The largest absolute Gasteiger partial charge is 0.416 e. The standard InChI is InChI=1S/C27H25N3O2/c1-18-8-3-5-10-22(18)24-12-7-17-30(24)27(31)21-15-13-20(14-16-21)25-28-29-26(32-25)23-11-6-4-9-19(23)2/h3-6,8-11,13-16,24H,7,12,17H2,1-2H3. The second-order valence-electron chi connectivity index (χ2n) is 8.32. The van der Waals surface area contributed by atoms with Crippen LogP contribution in [0.3, 0.4) is 0 Å². The first kappa shape index (κ1) is 20.2. The molecule has 1 aliphatic heterocycles. The summed E-state index contributed by atoms with van der Waals surface area (Å²) in [6, 6.07) is 23.8. The van der Waals surface area contributed by atoms with Crippen LogP contribution in [0.1, 0.15) is 45.9 Å². The maximum Gasteiger partial charge on any atom is 0.254 e. The Morgan fingerprint density at radius 2 is 1.56 bits per heavy atom. The number of hydrogen-bond acceptors (Lipinski definition) is 4. The highest BCUT2D eigenvalue weighted by molar-refractivity contribution is 5.95. The lowest BCUT2D eigenvalue weighted by molar-refractivity contribution is 0.0735. The summed E-state index contributed by atoms with van der Waals surface area (Å²) < 4.78 is 5.91. The lowest BCUT2D eigenvalue weighted by Crippen LogP contribution is -2.30. The van der Waals surface area contributed by atoms with E-state index >= 15 is 0 Å². The van der Waals surface area contributed by atoms with Crippen molar-refractivity contribution >= 4 is 5.91 Å². The number of benzene rings is 3. The van der Waals surface area contributed by atoms with Crippen LogP contribution in [0.15, 0.2) is 77.2 Å². The van der Waals surface area contributed by atoms with Gasteiger partial charge in [-0.25, -0.2) is 0 Å². The highest BCUT2D eigenvalue weighted by Gasteiger charge is 2.31. The highest BCUT2D eigenvalue weighted by Crippen LogP contribution is 2.35. The molecule has 1 unspecified atom stereocenters. The van der Waals surface area contributed by atoms with Crippen molar-refractivity contribution in [3.8, 4) is 22.9 Å². The van der Waals surface area contributed by atoms with Crippen molar-refractivity contribution in [2.45, 2.75) is 32.7 Å². The lowest BCUT2D eigenvalue weighted by atomic mass is 9.99. The van der Waals surface area contributed by atoms with Crippen LogP contribution in [0.2, 0.25) is 0 Å². The van der Waals surface area contributed by atoms with Gasteiger partial charge in [0.15, 0.2) is 0 Å². The van der Waals surface area contributed by atoms with E-state index in [1.54, 1.807) is 0 Å². The average molecular weight is 424 g/mol. The Balaban J connectivity index is 1.37. The Labute approximate surface area is 187 Å². The summed E-state index contributed by atoms with van der Waals surface area (Å²) in [5, 5.41) is 8.41. The van der Waals surface area contributed by atoms with E-state index in [1.165, 1.54) is 11.1 Å². The Morgan fingerprint density at radius 1 is 0.875 bits per heavy atom. The minimum atomic E-state index is 0.0634. The van der Waals surface area contributed by atoms with Crippen LogP contribution >= 0.6 is 0 Å². The third-order valence-corrected chi connectivity index (χ3v) is 6.24. The van der Waals surface area contributed by atoms with Crippen LogP contribution in [0.4, 0.5) is 0 Å². The molecule has 1 fully saturated rings. The molecule has 32 heavy (non-hydrogen) atoms. The number of likely N-dealkylation sites (tertiary alicyclic amines) is 1. The molecule has 160 valence electrons. The zero-order chi connectivity index (χ0) is 22.1. The second kappa shape index (κ2) is 8.42. The molecule has 1 saturated heterocycles. The number of hydrogen-bond donors (Lipinski definition) is 0. The van der Waals surface area contributed by atoms with Gasteiger partial charge in [0.05, 0.1) is 6.04 Å². The van der Waals surface area contributed by atoms with Gasteiger partial charge in [0.2, 0.25) is 11.8 Å². The van der Waals surface area contributed by atoms with Gasteiger partial charge in [-0.1, -0.05) is 42.5 Å². The number of carbonyl (C=O) groups excluding carboxylic acids is 1. The third-order valence-electron chi connectivity index (χ3n) is 6.24. The van der Waals surface area contributed by atoms with Crippen LogP contribution in [0.5, 0.6) is 0 Å². The Kier molecular flexibility index (Phi) is 5.31. The van der Waals surface area contributed by atoms with Gasteiger partial charge in [0.1, 0.15) is 0 Å². The van der Waals surface area contributed by atoms with Gasteiger partial charge in [0.25, 0.3) is 5.91 Å². The van der Waals surface area contributed by atoms with Crippen molar-refractivity contribution in [1.82, 2.24) is 15.1 Å². The van der Waals surface area contributed by atoms with Crippen LogP contribution in [-0.2, 0) is 0 Å². The van der Waals surface area contributed by atoms with Crippen molar-refractivity contribution in [2.75, 3.05) is 6.54 Å². The zero-order valence-corrected chi connectivity index (χ0v) is 18.3. The highest BCUT2D eigenvalue weighted by atomic mass is 16.4. The first-order valence-electron chi connectivity index (χ1n) is 11.0. The van der Waals surface area contributed by atoms with Crippen molar-refractivity contribution in [1.29, 1.82) is 0 Å². The molecular weight excluding hydrogens is 398 g/mol. The topological polar surface area (TPSA) is 59.2 Å². The van der Waals surface area contributed by atoms with E-state index in [9.17, 15) is 4.79 Å². The molecule has 1 aliphatic rings. The summed E-state index contributed by atoms with van der Waals surface area (Å²) >= 11 is 0. The fourth-order valence-electron chi connectivity index (χ4n) is 4.48. The number of aryl methyl sites for hydroxylation is 2. The fourth-order valence-corrected chi connectivity index (χ4v) is 4.48. The van der Waals surface area contributed by atoms with E-state index in [-0.39, 0.29) is 11.9 Å². The van der Waals surface area contributed by atoms with Gasteiger partial charge in [-0.15, -0.1) is 10.2 Å². The number of nitrogens with zero attached hydrogens (tertiary/aromatic N) is 3. The van der Waals surface area contributed by atoms with Crippen LogP contribution in [0, 0.1) is 13.8 Å². The summed E-state index contributed by atoms with van der Waals surface area (Å²) in [5.41, 5.74) is 5.95. The maximum absolute atomic E-state index is 13.3. The number of amides is 1. The molecule has 0 N–H and O–H groups in total. The van der Waals surface area contributed by atoms with Crippen molar-refractivity contribution in [2.24, 2.45) is 0 Å². The Morgan fingerprint density at radius 3 is 2.31 bits per heavy atom. The molecule has 3 aromatic carbocycles. The summed E-state index contributed by atoms with van der Waals surface area (Å²) in [4.78, 5) is 15.3. The van der Waals surface area contributed by atoms with Gasteiger partial charge in [-0.2, -0.15) is 0 Å². The van der Waals surface area contributed by atoms with E-state index in [0.29, 0.717) is 17.3 Å². The monoisotopic (exact) mass is 423 g/mol. The van der Waals surface area contributed by atoms with E-state index in [1.807, 2.05) is 72.5 Å². The molecule has 0 spiro atoms. The first-order chi connectivity index (χ1) is 15.6. The molecule has 1 aromatic heterocycles. The van der Waals surface area contributed by atoms with E-state index in [2.05, 4.69) is 29.3 Å². The predicted molar refractivity (Wildman–Crippen MR) is 124 cm³/mol. The van der Waals surface area contributed by atoms with Crippen LogP contribution in [-0.4, -0.2) is 27.5 Å². The van der Waals surface area contributed by atoms with Crippen LogP contribution in [0.25, 0.3) is 22.9 Å². The number of carbonyl (C=O) groups is 1. The van der Waals surface area contributed by atoms with Gasteiger partial charge in [-0.3, -0.25) is 4.79 Å². The van der Waals surface area contributed by atoms with Crippen molar-refractivity contribution in [3.63, 3.8) is 0 Å². The molecule has 0 radical (unpaired) electrons. The molecule has 2 heterocycles. The van der Waals surface area contributed by atoms with E-state index < -0.39 is 0 Å². The summed E-state index contributed by atoms with van der Waals surface area (Å²) in [6.07, 6.45) is 2.02. The molecule has 1 amide bonds. The summed E-state index contributed by atoms with van der Waals surface area (Å²) in [6.45, 7) is 4.91. The van der Waals surface area contributed by atoms with Gasteiger partial charge >= 0.3 is 0 Å². The molecule has 5 nitrogen and oxygen atoms in total. The quantitative estimate of drug-likeness (QED) is 0.404. The predicted octanol–water partition coefficient (Wildman–Crippen LogP) is 6.00. The SMILES string of the molecule is Cc1ccccc1-c1nnc(-c2ccc(C(=O)N3CCCC3c3ccccc3C)cc2)o1. The molecule has 1 atom stereocenters. The Hall–Kier alpha value is -3.73. The first-order valence-corrected chi connectivity index (χ1v) is 11.0. The third kappa shape index (κ3) is 3.71. The minimum Gasteiger partial charge on any atom is -0.416 e. The van der Waals surface area contributed by atoms with Crippen molar-refractivity contribution < 1.29 is 9.21 Å². The normalized spacial score (nSPS) is 15.8. The molecule has 0 bridgehead atoms. The second-order valence-corrected chi connectivity index (χ2v) is 8.32. The average Bonchev–Trinajstić information content (AvgIpc) is 3.50. The fraction of sp³-hybridized carbons (Fsp3) is 0.222. The number of aromatic nitrogens is 2. The molecule has 5 rings (SSSR count). The lowest BCUT2D eigenvalue weighted by Gasteiger charge is -2.26.